The number of amides is 1. The predicted octanol–water partition coefficient (Wildman–Crippen LogP) is 4.31. The number of carbonyl (C=O) groups excluding carboxylic acids is 1. The molecule has 3 rings (SSSR count). The third kappa shape index (κ3) is 4.33. The van der Waals surface area contributed by atoms with E-state index in [4.69, 9.17) is 10.1 Å². The number of benzene rings is 1. The first kappa shape index (κ1) is 21.8. The molecule has 2 aromatic rings. The van der Waals surface area contributed by atoms with Crippen molar-refractivity contribution < 1.29 is 9.53 Å². The third-order valence-corrected chi connectivity index (χ3v) is 6.61. The Bertz CT molecular complexity index is 1080. The van der Waals surface area contributed by atoms with Crippen LogP contribution in [0, 0.1) is 24.2 Å². The minimum atomic E-state index is -0.692. The molecule has 0 radical (unpaired) electrons. The number of rotatable bonds is 6. The molecule has 2 heterocycles. The number of aryl methyl sites for hydroxylation is 1. The number of fused-ring (bicyclic) bond motifs is 1. The van der Waals surface area contributed by atoms with Crippen LogP contribution in [0.4, 0.5) is 0 Å². The Morgan fingerprint density at radius 2 is 2.27 bits per heavy atom. The Morgan fingerprint density at radius 3 is 2.93 bits per heavy atom. The average molecular weight is 422 g/mol. The molecule has 1 aromatic carbocycles. The fourth-order valence-corrected chi connectivity index (χ4v) is 4.58. The fourth-order valence-electron chi connectivity index (χ4n) is 3.49. The molecule has 5 nitrogen and oxygen atoms in total. The van der Waals surface area contributed by atoms with E-state index >= 15 is 0 Å². The van der Waals surface area contributed by atoms with Gasteiger partial charge in [0.15, 0.2) is 5.96 Å². The summed E-state index contributed by atoms with van der Waals surface area (Å²) in [6.45, 7) is 10.8. The zero-order valence-corrected chi connectivity index (χ0v) is 18.7. The van der Waals surface area contributed by atoms with E-state index < -0.39 is 5.54 Å². The summed E-state index contributed by atoms with van der Waals surface area (Å²) in [4.78, 5) is 15.1. The maximum Gasteiger partial charge on any atom is 0.232 e. The number of thiophene rings is 1. The van der Waals surface area contributed by atoms with Crippen LogP contribution < -0.4 is 5.32 Å². The summed E-state index contributed by atoms with van der Waals surface area (Å²) in [5.41, 5.74) is 2.29. The van der Waals surface area contributed by atoms with Crippen LogP contribution in [-0.2, 0) is 9.53 Å². The number of methoxy groups -OCH3 is 1. The number of nitrogens with one attached hydrogen (secondary N) is 2. The maximum atomic E-state index is 12.6. The van der Waals surface area contributed by atoms with Gasteiger partial charge >= 0.3 is 0 Å². The molecule has 1 aromatic heterocycles. The summed E-state index contributed by atoms with van der Waals surface area (Å²) in [7, 11) is 1.58. The lowest BCUT2D eigenvalue weighted by atomic mass is 9.86. The van der Waals surface area contributed by atoms with E-state index in [-0.39, 0.29) is 18.3 Å². The minimum absolute atomic E-state index is 0.0861. The zero-order valence-electron chi connectivity index (χ0n) is 17.9. The topological polar surface area (TPSA) is 65.4 Å². The molecule has 30 heavy (non-hydrogen) atoms. The predicted molar refractivity (Wildman–Crippen MR) is 125 cm³/mol. The van der Waals surface area contributed by atoms with Crippen molar-refractivity contribution >= 4 is 39.4 Å². The van der Waals surface area contributed by atoms with Gasteiger partial charge in [-0.05, 0) is 61.6 Å². The van der Waals surface area contributed by atoms with E-state index in [0.717, 1.165) is 16.0 Å². The highest BCUT2D eigenvalue weighted by atomic mass is 32.1. The first-order valence-corrected chi connectivity index (χ1v) is 10.6. The summed E-state index contributed by atoms with van der Waals surface area (Å²) >= 11 is 1.72. The van der Waals surface area contributed by atoms with Gasteiger partial charge in [-0.15, -0.1) is 17.3 Å². The molecule has 1 fully saturated rings. The molecule has 0 saturated carbocycles. The fraction of sp³-hybridized carbons (Fsp3) is 0.333. The normalized spacial score (nSPS) is 19.1. The number of guanidine groups is 1. The Morgan fingerprint density at radius 1 is 1.50 bits per heavy atom. The van der Waals surface area contributed by atoms with Crippen LogP contribution in [0.5, 0.6) is 0 Å². The monoisotopic (exact) mass is 421 g/mol. The van der Waals surface area contributed by atoms with E-state index in [2.05, 4.69) is 42.8 Å². The second-order valence-electron chi connectivity index (χ2n) is 7.56. The lowest BCUT2D eigenvalue weighted by Gasteiger charge is -2.41. The summed E-state index contributed by atoms with van der Waals surface area (Å²) < 4.78 is 6.25. The minimum Gasteiger partial charge on any atom is -0.383 e. The first-order chi connectivity index (χ1) is 14.3. The van der Waals surface area contributed by atoms with Gasteiger partial charge in [-0.3, -0.25) is 15.1 Å². The van der Waals surface area contributed by atoms with Crippen molar-refractivity contribution in [1.82, 2.24) is 10.2 Å². The molecule has 1 aliphatic heterocycles. The maximum absolute atomic E-state index is 12.6. The molecule has 0 unspecified atom stereocenters. The van der Waals surface area contributed by atoms with Crippen LogP contribution in [0.3, 0.4) is 0 Å². The molecule has 1 amide bonds. The van der Waals surface area contributed by atoms with Crippen molar-refractivity contribution in [1.29, 1.82) is 5.41 Å². The lowest BCUT2D eigenvalue weighted by molar-refractivity contribution is -0.130. The Labute approximate surface area is 181 Å². The highest BCUT2D eigenvalue weighted by Crippen LogP contribution is 2.33. The molecule has 0 bridgehead atoms. The average Bonchev–Trinajstić information content (AvgIpc) is 3.01. The van der Waals surface area contributed by atoms with E-state index in [0.29, 0.717) is 13.2 Å². The van der Waals surface area contributed by atoms with Gasteiger partial charge in [0.25, 0.3) is 0 Å². The smallest absolute Gasteiger partial charge is 0.232 e. The largest absolute Gasteiger partial charge is 0.383 e. The Balaban J connectivity index is 1.80. The second kappa shape index (κ2) is 8.86. The van der Waals surface area contributed by atoms with Gasteiger partial charge < -0.3 is 10.1 Å². The summed E-state index contributed by atoms with van der Waals surface area (Å²) in [6, 6.07) is 6.28. The van der Waals surface area contributed by atoms with Gasteiger partial charge in [0.1, 0.15) is 0 Å². The van der Waals surface area contributed by atoms with Gasteiger partial charge in [0, 0.05) is 22.3 Å². The van der Waals surface area contributed by atoms with E-state index in [1.165, 1.54) is 20.5 Å². The number of carbonyl (C=O) groups is 1. The molecular formula is C24H27N3O2S. The van der Waals surface area contributed by atoms with Crippen molar-refractivity contribution in [2.24, 2.45) is 0 Å². The molecule has 1 aliphatic rings. The second-order valence-corrected chi connectivity index (χ2v) is 8.64. The van der Waals surface area contributed by atoms with Crippen molar-refractivity contribution in [3.05, 3.63) is 52.4 Å². The van der Waals surface area contributed by atoms with Crippen LogP contribution >= 0.6 is 11.3 Å². The summed E-state index contributed by atoms with van der Waals surface area (Å²) in [6.07, 6.45) is 4.24. The van der Waals surface area contributed by atoms with Gasteiger partial charge in [-0.1, -0.05) is 18.6 Å². The number of ether oxygens (including phenoxy) is 1. The highest BCUT2D eigenvalue weighted by Gasteiger charge is 2.39. The van der Waals surface area contributed by atoms with Gasteiger partial charge in [-0.2, -0.15) is 0 Å². The summed E-state index contributed by atoms with van der Waals surface area (Å²) in [5, 5.41) is 12.6. The Hall–Kier alpha value is -2.88. The molecule has 1 saturated heterocycles. The quantitative estimate of drug-likeness (QED) is 0.540. The molecule has 2 N–H and O–H groups in total. The standard InChI is InChI=1S/C24H27N3O2S/c1-6-7-18-9-11-21-19(14-18)17(3)20(30-21)10-8-16(2)24(4)15-22(28)27(12-13-29-5)23(25)26-24/h8-11,14H,2,12-13,15H2,1,3-5H3,(H2,25,26)/b10-8-/t24-/m0/s1. The van der Waals surface area contributed by atoms with Crippen LogP contribution in [0.15, 0.2) is 36.4 Å². The van der Waals surface area contributed by atoms with Crippen molar-refractivity contribution in [2.45, 2.75) is 32.7 Å². The van der Waals surface area contributed by atoms with Crippen molar-refractivity contribution in [3.8, 4) is 11.8 Å². The molecular weight excluding hydrogens is 394 g/mol. The van der Waals surface area contributed by atoms with Gasteiger partial charge in [0.2, 0.25) is 5.91 Å². The lowest BCUT2D eigenvalue weighted by Crippen LogP contribution is -2.62. The van der Waals surface area contributed by atoms with Gasteiger partial charge in [-0.25, -0.2) is 0 Å². The van der Waals surface area contributed by atoms with Crippen LogP contribution in [0.25, 0.3) is 16.2 Å². The van der Waals surface area contributed by atoms with Crippen molar-refractivity contribution in [2.75, 3.05) is 20.3 Å². The molecule has 0 spiro atoms. The first-order valence-electron chi connectivity index (χ1n) is 9.78. The van der Waals surface area contributed by atoms with E-state index in [1.807, 2.05) is 32.1 Å². The number of hydrogen-bond acceptors (Lipinski definition) is 4. The number of nitrogens with zero attached hydrogens (tertiary/aromatic N) is 1. The Kier molecular flexibility index (Phi) is 6.45. The SMILES string of the molecule is C=C(/C=C\c1sc2ccc(C#CC)cc2c1C)[C@]1(C)CC(=O)N(CCOC)C(=N)N1. The summed E-state index contributed by atoms with van der Waals surface area (Å²) in [5.74, 6) is 6.04. The molecule has 1 atom stereocenters. The van der Waals surface area contributed by atoms with E-state index in [9.17, 15) is 4.79 Å². The van der Waals surface area contributed by atoms with E-state index in [1.54, 1.807) is 18.4 Å². The van der Waals surface area contributed by atoms with Crippen molar-refractivity contribution in [3.63, 3.8) is 0 Å². The molecule has 156 valence electrons. The highest BCUT2D eigenvalue weighted by molar-refractivity contribution is 7.20. The molecule has 6 heteroatoms. The number of hydrogen-bond donors (Lipinski definition) is 2. The molecule has 0 aliphatic carbocycles. The van der Waals surface area contributed by atoms with Gasteiger partial charge in [0.05, 0.1) is 25.1 Å². The van der Waals surface area contributed by atoms with Crippen LogP contribution in [0.1, 0.15) is 36.3 Å². The third-order valence-electron chi connectivity index (χ3n) is 5.38. The van der Waals surface area contributed by atoms with Crippen LogP contribution in [-0.4, -0.2) is 42.6 Å². The zero-order chi connectivity index (χ0) is 21.9. The van der Waals surface area contributed by atoms with Crippen LogP contribution in [0.2, 0.25) is 0 Å².